The maximum absolute atomic E-state index is 11.7. The van der Waals surface area contributed by atoms with Gasteiger partial charge in [-0.2, -0.15) is 0 Å². The van der Waals surface area contributed by atoms with E-state index in [9.17, 15) is 4.79 Å². The first-order chi connectivity index (χ1) is 13.6. The number of para-hydroxylation sites is 1. The number of nitrogens with zero attached hydrogens (tertiary/aromatic N) is 3. The summed E-state index contributed by atoms with van der Waals surface area (Å²) >= 11 is 0. The van der Waals surface area contributed by atoms with Crippen molar-refractivity contribution < 1.29 is 9.53 Å². The molecule has 0 radical (unpaired) electrons. The summed E-state index contributed by atoms with van der Waals surface area (Å²) in [5.74, 6) is 1.97. The Morgan fingerprint density at radius 1 is 1.31 bits per heavy atom. The average molecular weight is 517 g/mol. The highest BCUT2D eigenvalue weighted by Gasteiger charge is 2.19. The normalized spacial score (nSPS) is 15.3. The minimum absolute atomic E-state index is 0. The van der Waals surface area contributed by atoms with E-state index >= 15 is 0 Å². The average Bonchev–Trinajstić information content (AvgIpc) is 3.10. The van der Waals surface area contributed by atoms with Crippen molar-refractivity contribution in [2.45, 2.75) is 32.2 Å². The first kappa shape index (κ1) is 25.5. The first-order valence-electron chi connectivity index (χ1n) is 10.2. The van der Waals surface area contributed by atoms with Gasteiger partial charge in [0.2, 0.25) is 5.91 Å². The lowest BCUT2D eigenvalue weighted by atomic mass is 10.0. The third kappa shape index (κ3) is 8.00. The Kier molecular flexibility index (Phi) is 12.0. The van der Waals surface area contributed by atoms with Gasteiger partial charge in [-0.3, -0.25) is 9.79 Å². The quantitative estimate of drug-likeness (QED) is 0.216. The largest absolute Gasteiger partial charge is 0.496 e. The molecule has 1 heterocycles. The van der Waals surface area contributed by atoms with E-state index < -0.39 is 0 Å². The molecule has 1 fully saturated rings. The van der Waals surface area contributed by atoms with Crippen molar-refractivity contribution >= 4 is 35.8 Å². The van der Waals surface area contributed by atoms with E-state index in [0.29, 0.717) is 13.0 Å². The molecule has 1 amide bonds. The van der Waals surface area contributed by atoms with E-state index in [1.54, 1.807) is 7.11 Å². The van der Waals surface area contributed by atoms with Crippen LogP contribution in [0.15, 0.2) is 29.3 Å². The summed E-state index contributed by atoms with van der Waals surface area (Å²) in [5, 5.41) is 6.69. The van der Waals surface area contributed by atoms with Crippen LogP contribution in [0.4, 0.5) is 0 Å². The standard InChI is InChI=1S/C21H35N5O2.HI/c1-5-22-21(23-13-9-15-26-14-8-12-20(26)27)24-16-18(25(2)3)17-10-6-7-11-19(17)28-4;/h6-7,10-11,18H,5,8-9,12-16H2,1-4H3,(H2,22,23,24);1H. The minimum atomic E-state index is 0. The number of likely N-dealkylation sites (N-methyl/N-ethyl adjacent to an activating group) is 1. The molecular formula is C21H36IN5O2. The molecular weight excluding hydrogens is 481 g/mol. The second-order valence-corrected chi connectivity index (χ2v) is 7.21. The maximum Gasteiger partial charge on any atom is 0.222 e. The fraction of sp³-hybridized carbons (Fsp3) is 0.619. The van der Waals surface area contributed by atoms with Gasteiger partial charge in [-0.1, -0.05) is 18.2 Å². The highest BCUT2D eigenvalue weighted by Crippen LogP contribution is 2.28. The van der Waals surface area contributed by atoms with Crippen molar-refractivity contribution in [1.29, 1.82) is 0 Å². The molecule has 164 valence electrons. The number of guanidine groups is 1. The molecule has 1 saturated heterocycles. The van der Waals surface area contributed by atoms with E-state index in [4.69, 9.17) is 9.73 Å². The van der Waals surface area contributed by atoms with Gasteiger partial charge in [0, 0.05) is 38.2 Å². The molecule has 1 aliphatic heterocycles. The van der Waals surface area contributed by atoms with Crippen molar-refractivity contribution in [1.82, 2.24) is 20.4 Å². The van der Waals surface area contributed by atoms with E-state index in [1.807, 2.05) is 23.1 Å². The summed E-state index contributed by atoms with van der Waals surface area (Å²) in [5.41, 5.74) is 1.13. The van der Waals surface area contributed by atoms with Crippen molar-refractivity contribution in [2.24, 2.45) is 4.99 Å². The lowest BCUT2D eigenvalue weighted by Crippen LogP contribution is -2.39. The third-order valence-electron chi connectivity index (χ3n) is 4.96. The molecule has 0 aromatic heterocycles. The second kappa shape index (κ2) is 13.6. The molecule has 0 bridgehead atoms. The van der Waals surface area contributed by atoms with Crippen LogP contribution in [0.25, 0.3) is 0 Å². The van der Waals surface area contributed by atoms with Crippen LogP contribution in [-0.4, -0.2) is 75.6 Å². The van der Waals surface area contributed by atoms with E-state index in [0.717, 1.165) is 56.3 Å². The predicted molar refractivity (Wildman–Crippen MR) is 129 cm³/mol. The molecule has 0 aliphatic carbocycles. The molecule has 1 aliphatic rings. The number of carbonyl (C=O) groups excluding carboxylic acids is 1. The van der Waals surface area contributed by atoms with Crippen molar-refractivity contribution in [3.63, 3.8) is 0 Å². The zero-order valence-electron chi connectivity index (χ0n) is 18.1. The number of amides is 1. The molecule has 2 N–H and O–H groups in total. The number of hydrogen-bond donors (Lipinski definition) is 2. The van der Waals surface area contributed by atoms with Crippen LogP contribution in [-0.2, 0) is 4.79 Å². The number of methoxy groups -OCH3 is 1. The first-order valence-corrected chi connectivity index (χ1v) is 10.2. The van der Waals surface area contributed by atoms with Crippen LogP contribution in [0.3, 0.4) is 0 Å². The summed E-state index contributed by atoms with van der Waals surface area (Å²) < 4.78 is 5.53. The van der Waals surface area contributed by atoms with Gasteiger partial charge < -0.3 is 25.2 Å². The molecule has 0 saturated carbocycles. The van der Waals surface area contributed by atoms with E-state index in [-0.39, 0.29) is 35.9 Å². The van der Waals surface area contributed by atoms with Crippen molar-refractivity contribution in [2.75, 3.05) is 53.9 Å². The van der Waals surface area contributed by atoms with Gasteiger partial charge in [-0.05, 0) is 39.9 Å². The molecule has 7 nitrogen and oxygen atoms in total. The predicted octanol–water partition coefficient (Wildman–Crippen LogP) is 2.48. The van der Waals surface area contributed by atoms with Crippen LogP contribution >= 0.6 is 24.0 Å². The lowest BCUT2D eigenvalue weighted by Gasteiger charge is -2.25. The highest BCUT2D eigenvalue weighted by molar-refractivity contribution is 14.0. The van der Waals surface area contributed by atoms with Gasteiger partial charge in [0.15, 0.2) is 5.96 Å². The third-order valence-corrected chi connectivity index (χ3v) is 4.96. The zero-order chi connectivity index (χ0) is 20.4. The molecule has 1 aromatic carbocycles. The van der Waals surface area contributed by atoms with Crippen molar-refractivity contribution in [3.05, 3.63) is 29.8 Å². The lowest BCUT2D eigenvalue weighted by molar-refractivity contribution is -0.127. The summed E-state index contributed by atoms with van der Waals surface area (Å²) in [6.07, 6.45) is 2.61. The molecule has 1 atom stereocenters. The van der Waals surface area contributed by atoms with Crippen LogP contribution in [0.1, 0.15) is 37.8 Å². The van der Waals surface area contributed by atoms with Crippen LogP contribution < -0.4 is 15.4 Å². The Bertz CT molecular complexity index is 654. The summed E-state index contributed by atoms with van der Waals surface area (Å²) in [6.45, 7) is 5.98. The van der Waals surface area contributed by atoms with Crippen molar-refractivity contribution in [3.8, 4) is 5.75 Å². The Hall–Kier alpha value is -1.55. The monoisotopic (exact) mass is 517 g/mol. The zero-order valence-corrected chi connectivity index (χ0v) is 20.4. The summed E-state index contributed by atoms with van der Waals surface area (Å²) in [6, 6.07) is 8.20. The van der Waals surface area contributed by atoms with Crippen LogP contribution in [0, 0.1) is 0 Å². The smallest absolute Gasteiger partial charge is 0.222 e. The Balaban J connectivity index is 0.00000420. The van der Waals surface area contributed by atoms with Gasteiger partial charge in [0.05, 0.1) is 19.7 Å². The maximum atomic E-state index is 11.7. The number of nitrogens with one attached hydrogen (secondary N) is 2. The Morgan fingerprint density at radius 2 is 2.07 bits per heavy atom. The Labute approximate surface area is 192 Å². The number of ether oxygens (including phenoxy) is 1. The second-order valence-electron chi connectivity index (χ2n) is 7.21. The SMILES string of the molecule is CCNC(=NCC(c1ccccc1OC)N(C)C)NCCCN1CCCC1=O.I. The van der Waals surface area contributed by atoms with Gasteiger partial charge in [-0.15, -0.1) is 24.0 Å². The molecule has 0 spiro atoms. The molecule has 1 aromatic rings. The van der Waals surface area contributed by atoms with Gasteiger partial charge >= 0.3 is 0 Å². The number of rotatable bonds is 10. The topological polar surface area (TPSA) is 69.2 Å². The van der Waals surface area contributed by atoms with Crippen LogP contribution in [0.2, 0.25) is 0 Å². The van der Waals surface area contributed by atoms with Gasteiger partial charge in [0.1, 0.15) is 5.75 Å². The fourth-order valence-corrected chi connectivity index (χ4v) is 3.42. The van der Waals surface area contributed by atoms with E-state index in [1.165, 1.54) is 0 Å². The van der Waals surface area contributed by atoms with E-state index in [2.05, 4.69) is 42.6 Å². The summed E-state index contributed by atoms with van der Waals surface area (Å²) in [4.78, 5) is 20.6. The van der Waals surface area contributed by atoms with Crippen LogP contribution in [0.5, 0.6) is 5.75 Å². The number of benzene rings is 1. The highest BCUT2D eigenvalue weighted by atomic mass is 127. The molecule has 29 heavy (non-hydrogen) atoms. The number of hydrogen-bond acceptors (Lipinski definition) is 4. The number of carbonyl (C=O) groups is 1. The van der Waals surface area contributed by atoms with Gasteiger partial charge in [-0.25, -0.2) is 0 Å². The number of likely N-dealkylation sites (tertiary alicyclic amines) is 1. The molecule has 2 rings (SSSR count). The minimum Gasteiger partial charge on any atom is -0.496 e. The molecule has 8 heteroatoms. The van der Waals surface area contributed by atoms with Gasteiger partial charge in [0.25, 0.3) is 0 Å². The number of aliphatic imine (C=N–C) groups is 1. The Morgan fingerprint density at radius 3 is 2.69 bits per heavy atom. The summed E-state index contributed by atoms with van der Waals surface area (Å²) in [7, 11) is 5.81. The molecule has 1 unspecified atom stereocenters. The fourth-order valence-electron chi connectivity index (χ4n) is 3.42. The number of halogens is 1.